The summed E-state index contributed by atoms with van der Waals surface area (Å²) in [5.74, 6) is 0. The molecule has 0 radical (unpaired) electrons. The maximum Gasteiger partial charge on any atom is 0.390 e. The average molecular weight is 153 g/mol. The Kier molecular flexibility index (Phi) is 2.18. The molecule has 10 heavy (non-hydrogen) atoms. The topological polar surface area (TPSA) is 12.0 Å². The number of hydrogen-bond acceptors (Lipinski definition) is 1. The Bertz CT molecular complexity index is 106. The van der Waals surface area contributed by atoms with E-state index < -0.39 is 12.6 Å². The smallest absolute Gasteiger partial charge is 0.314 e. The molecule has 1 saturated carbocycles. The van der Waals surface area contributed by atoms with Gasteiger partial charge in [0.1, 0.15) is 0 Å². The van der Waals surface area contributed by atoms with Gasteiger partial charge in [-0.15, -0.1) is 0 Å². The van der Waals surface area contributed by atoms with Gasteiger partial charge in [0, 0.05) is 12.6 Å². The molecule has 0 spiro atoms. The van der Waals surface area contributed by atoms with E-state index in [-0.39, 0.29) is 6.54 Å². The average Bonchev–Trinajstić information content (AvgIpc) is 2.45. The largest absolute Gasteiger partial charge is 0.390 e. The van der Waals surface area contributed by atoms with E-state index in [9.17, 15) is 13.2 Å². The van der Waals surface area contributed by atoms with Crippen molar-refractivity contribution < 1.29 is 13.2 Å². The zero-order chi connectivity index (χ0) is 7.61. The lowest BCUT2D eigenvalue weighted by Crippen LogP contribution is -2.23. The predicted molar refractivity (Wildman–Crippen MR) is 31.7 cm³/mol. The van der Waals surface area contributed by atoms with Crippen LogP contribution in [0.2, 0.25) is 0 Å². The minimum atomic E-state index is -4.00. The van der Waals surface area contributed by atoms with E-state index in [2.05, 4.69) is 5.32 Å². The quantitative estimate of drug-likeness (QED) is 0.650. The Balaban J connectivity index is 1.93. The molecule has 1 nitrogen and oxygen atoms in total. The predicted octanol–water partition coefficient (Wildman–Crippen LogP) is 1.69. The van der Waals surface area contributed by atoms with Crippen LogP contribution in [0, 0.1) is 0 Å². The van der Waals surface area contributed by atoms with Crippen LogP contribution in [0.4, 0.5) is 13.2 Å². The molecule has 0 amide bonds. The molecular weight excluding hydrogens is 143 g/mol. The van der Waals surface area contributed by atoms with E-state index >= 15 is 0 Å². The van der Waals surface area contributed by atoms with Gasteiger partial charge >= 0.3 is 6.18 Å². The van der Waals surface area contributed by atoms with E-state index in [0.29, 0.717) is 6.04 Å². The summed E-state index contributed by atoms with van der Waals surface area (Å²) in [7, 11) is 0. The van der Waals surface area contributed by atoms with Crippen LogP contribution in [0.15, 0.2) is 0 Å². The number of alkyl halides is 3. The third-order valence-corrected chi connectivity index (χ3v) is 1.42. The summed E-state index contributed by atoms with van der Waals surface area (Å²) in [6, 6.07) is 0.377. The van der Waals surface area contributed by atoms with Gasteiger partial charge in [-0.1, -0.05) is 0 Å². The maximum atomic E-state index is 11.5. The first-order valence-electron chi connectivity index (χ1n) is 3.38. The maximum absolute atomic E-state index is 11.5. The van der Waals surface area contributed by atoms with Crippen molar-refractivity contribution in [3.8, 4) is 0 Å². The molecule has 1 fully saturated rings. The van der Waals surface area contributed by atoms with Crippen LogP contribution < -0.4 is 5.32 Å². The third kappa shape index (κ3) is 3.71. The second-order valence-electron chi connectivity index (χ2n) is 2.59. The van der Waals surface area contributed by atoms with Crippen molar-refractivity contribution in [1.82, 2.24) is 5.32 Å². The molecule has 60 valence electrons. The van der Waals surface area contributed by atoms with Crippen LogP contribution in [-0.4, -0.2) is 18.8 Å². The minimum absolute atomic E-state index is 0.0775. The van der Waals surface area contributed by atoms with Gasteiger partial charge < -0.3 is 5.32 Å². The summed E-state index contributed by atoms with van der Waals surface area (Å²) < 4.78 is 34.5. The minimum Gasteiger partial charge on any atom is -0.314 e. The van der Waals surface area contributed by atoms with E-state index in [1.165, 1.54) is 0 Å². The highest BCUT2D eigenvalue weighted by atomic mass is 19.4. The molecule has 0 atom stereocenters. The van der Waals surface area contributed by atoms with Crippen LogP contribution >= 0.6 is 0 Å². The molecular formula is C6H10F3N. The van der Waals surface area contributed by atoms with Crippen LogP contribution in [-0.2, 0) is 0 Å². The molecule has 1 rings (SSSR count). The molecule has 0 bridgehead atoms. The van der Waals surface area contributed by atoms with Gasteiger partial charge in [0.15, 0.2) is 0 Å². The van der Waals surface area contributed by atoms with Crippen LogP contribution in [0.3, 0.4) is 0 Å². The van der Waals surface area contributed by atoms with Crippen molar-refractivity contribution in [1.29, 1.82) is 0 Å². The van der Waals surface area contributed by atoms with Crippen molar-refractivity contribution in [3.05, 3.63) is 0 Å². The molecule has 0 aromatic rings. The molecule has 0 aliphatic heterocycles. The van der Waals surface area contributed by atoms with Crippen molar-refractivity contribution >= 4 is 0 Å². The monoisotopic (exact) mass is 153 g/mol. The Labute approximate surface area is 57.6 Å². The molecule has 0 saturated heterocycles. The van der Waals surface area contributed by atoms with E-state index in [1.54, 1.807) is 0 Å². The van der Waals surface area contributed by atoms with Crippen molar-refractivity contribution in [2.45, 2.75) is 31.5 Å². The third-order valence-electron chi connectivity index (χ3n) is 1.42. The first kappa shape index (κ1) is 7.85. The second kappa shape index (κ2) is 2.78. The van der Waals surface area contributed by atoms with Gasteiger partial charge in [-0.3, -0.25) is 0 Å². The number of nitrogens with one attached hydrogen (secondary N) is 1. The summed E-state index contributed by atoms with van der Waals surface area (Å²) in [6.07, 6.45) is -2.62. The molecule has 1 aliphatic rings. The first-order chi connectivity index (χ1) is 4.58. The van der Waals surface area contributed by atoms with Crippen molar-refractivity contribution in [2.75, 3.05) is 6.54 Å². The SMILES string of the molecule is FC(F)(F)CCNC1CC1. The lowest BCUT2D eigenvalue weighted by Gasteiger charge is -2.05. The highest BCUT2D eigenvalue weighted by molar-refractivity contribution is 4.80. The van der Waals surface area contributed by atoms with Gasteiger partial charge in [0.05, 0.1) is 6.42 Å². The summed E-state index contributed by atoms with van der Waals surface area (Å²) in [4.78, 5) is 0. The Morgan fingerprint density at radius 2 is 1.90 bits per heavy atom. The Morgan fingerprint density at radius 1 is 1.30 bits per heavy atom. The Hall–Kier alpha value is -0.250. The number of hydrogen-bond donors (Lipinski definition) is 1. The summed E-state index contributed by atoms with van der Waals surface area (Å²) in [5, 5.41) is 2.79. The van der Waals surface area contributed by atoms with Gasteiger partial charge in [-0.2, -0.15) is 13.2 Å². The van der Waals surface area contributed by atoms with Gasteiger partial charge in [-0.05, 0) is 12.8 Å². The lowest BCUT2D eigenvalue weighted by molar-refractivity contribution is -0.133. The standard InChI is InChI=1S/C6H10F3N/c7-6(8,9)3-4-10-5-1-2-5/h5,10H,1-4H2. The second-order valence-corrected chi connectivity index (χ2v) is 2.59. The lowest BCUT2D eigenvalue weighted by atomic mass is 10.4. The Morgan fingerprint density at radius 3 is 2.30 bits per heavy atom. The molecule has 0 unspecified atom stereocenters. The van der Waals surface area contributed by atoms with Crippen LogP contribution in [0.1, 0.15) is 19.3 Å². The highest BCUT2D eigenvalue weighted by Crippen LogP contribution is 2.21. The molecule has 0 aromatic heterocycles. The van der Waals surface area contributed by atoms with Gasteiger partial charge in [-0.25, -0.2) is 0 Å². The zero-order valence-corrected chi connectivity index (χ0v) is 5.54. The van der Waals surface area contributed by atoms with Crippen LogP contribution in [0.25, 0.3) is 0 Å². The number of rotatable bonds is 3. The molecule has 0 heterocycles. The fourth-order valence-corrected chi connectivity index (χ4v) is 0.705. The van der Waals surface area contributed by atoms with Crippen LogP contribution in [0.5, 0.6) is 0 Å². The van der Waals surface area contributed by atoms with Gasteiger partial charge in [0.25, 0.3) is 0 Å². The van der Waals surface area contributed by atoms with E-state index in [0.717, 1.165) is 12.8 Å². The van der Waals surface area contributed by atoms with E-state index in [1.807, 2.05) is 0 Å². The fourth-order valence-electron chi connectivity index (χ4n) is 0.705. The first-order valence-corrected chi connectivity index (χ1v) is 3.38. The molecule has 0 aromatic carbocycles. The number of halogens is 3. The molecule has 4 heteroatoms. The van der Waals surface area contributed by atoms with Gasteiger partial charge in [0.2, 0.25) is 0 Å². The fraction of sp³-hybridized carbons (Fsp3) is 1.00. The zero-order valence-electron chi connectivity index (χ0n) is 5.54. The molecule has 1 N–H and O–H groups in total. The summed E-state index contributed by atoms with van der Waals surface area (Å²) >= 11 is 0. The van der Waals surface area contributed by atoms with E-state index in [4.69, 9.17) is 0 Å². The normalized spacial score (nSPS) is 19.5. The molecule has 1 aliphatic carbocycles. The van der Waals surface area contributed by atoms with Crippen molar-refractivity contribution in [2.24, 2.45) is 0 Å². The summed E-state index contributed by atoms with van der Waals surface area (Å²) in [6.45, 7) is 0.0775. The summed E-state index contributed by atoms with van der Waals surface area (Å²) in [5.41, 5.74) is 0. The highest BCUT2D eigenvalue weighted by Gasteiger charge is 2.28. The van der Waals surface area contributed by atoms with Crippen molar-refractivity contribution in [3.63, 3.8) is 0 Å².